The Labute approximate surface area is 371 Å². The summed E-state index contributed by atoms with van der Waals surface area (Å²) >= 11 is 0. The van der Waals surface area contributed by atoms with Crippen molar-refractivity contribution in [1.82, 2.24) is 29.0 Å². The van der Waals surface area contributed by atoms with Gasteiger partial charge in [0.2, 0.25) is 20.0 Å². The number of fused-ring (bicyclic) bond motifs is 2. The number of nitrogens with one attached hydrogen (secondary N) is 2. The molecule has 0 amide bonds. The van der Waals surface area contributed by atoms with Crippen molar-refractivity contribution in [3.8, 4) is 0 Å². The van der Waals surface area contributed by atoms with Crippen molar-refractivity contribution < 1.29 is 25.3 Å². The SMILES string of the molecule is CC(NS(=O)(=O)/C=C/c1nn(Cc2ccccc2)c2c1CS(=O)CC2)c1ccccc1.C[C@H](NS(=O)(=O)/C=C/c1c2c(nn1Cc1ccccc1)CCS(=O)C2)C1CCCCC1. The van der Waals surface area contributed by atoms with E-state index in [1.54, 1.807) is 13.0 Å². The number of sulfonamides is 2. The van der Waals surface area contributed by atoms with E-state index in [-0.39, 0.29) is 12.1 Å². The molecule has 1 fully saturated rings. The highest BCUT2D eigenvalue weighted by molar-refractivity contribution is 7.92. The van der Waals surface area contributed by atoms with Crippen molar-refractivity contribution in [2.45, 2.75) is 95.5 Å². The van der Waals surface area contributed by atoms with Crippen molar-refractivity contribution in [2.75, 3.05) is 11.5 Å². The van der Waals surface area contributed by atoms with Crippen molar-refractivity contribution in [2.24, 2.45) is 5.92 Å². The third-order valence-electron chi connectivity index (χ3n) is 11.6. The van der Waals surface area contributed by atoms with Gasteiger partial charge in [0.1, 0.15) is 0 Å². The van der Waals surface area contributed by atoms with Gasteiger partial charge in [-0.1, -0.05) is 110 Å². The van der Waals surface area contributed by atoms with E-state index in [2.05, 4.69) is 14.5 Å². The van der Waals surface area contributed by atoms with E-state index in [9.17, 15) is 25.3 Å². The molecule has 1 aliphatic carbocycles. The molecule has 62 heavy (non-hydrogen) atoms. The maximum Gasteiger partial charge on any atom is 0.234 e. The highest BCUT2D eigenvalue weighted by Gasteiger charge is 2.27. The number of hydrogen-bond donors (Lipinski definition) is 2. The lowest BCUT2D eigenvalue weighted by Crippen LogP contribution is -2.37. The summed E-state index contributed by atoms with van der Waals surface area (Å²) in [5, 5.41) is 11.8. The van der Waals surface area contributed by atoms with Crippen LogP contribution >= 0.6 is 0 Å². The molecule has 4 heterocycles. The molecule has 2 N–H and O–H groups in total. The van der Waals surface area contributed by atoms with Crippen molar-refractivity contribution >= 4 is 53.8 Å². The van der Waals surface area contributed by atoms with Gasteiger partial charge in [-0.25, -0.2) is 26.3 Å². The third kappa shape index (κ3) is 12.4. The lowest BCUT2D eigenvalue weighted by molar-refractivity contribution is 0.303. The lowest BCUT2D eigenvalue weighted by Gasteiger charge is -2.27. The number of benzene rings is 3. The molecule has 4 atom stereocenters. The first kappa shape index (κ1) is 45.7. The highest BCUT2D eigenvalue weighted by Crippen LogP contribution is 2.28. The average molecular weight is 917 g/mol. The number of hydrogen-bond acceptors (Lipinski definition) is 8. The highest BCUT2D eigenvalue weighted by atomic mass is 32.2. The first-order chi connectivity index (χ1) is 29.8. The second-order valence-electron chi connectivity index (χ2n) is 16.2. The number of aromatic nitrogens is 4. The van der Waals surface area contributed by atoms with Gasteiger partial charge in [0.05, 0.1) is 41.7 Å². The first-order valence-electron chi connectivity index (χ1n) is 21.2. The molecule has 3 aliphatic rings. The molecule has 3 unspecified atom stereocenters. The largest absolute Gasteiger partial charge is 0.264 e. The second-order valence-corrected chi connectivity index (χ2v) is 22.6. The van der Waals surface area contributed by atoms with Gasteiger partial charge in [-0.15, -0.1) is 0 Å². The van der Waals surface area contributed by atoms with Crippen LogP contribution in [0.5, 0.6) is 0 Å². The van der Waals surface area contributed by atoms with Crippen LogP contribution in [0.3, 0.4) is 0 Å². The van der Waals surface area contributed by atoms with Gasteiger partial charge in [-0.3, -0.25) is 17.8 Å². The summed E-state index contributed by atoms with van der Waals surface area (Å²) in [6.45, 7) is 4.91. The molecule has 8 rings (SSSR count). The Bertz CT molecular complexity index is 2620. The third-order valence-corrected chi connectivity index (χ3v) is 16.5. The summed E-state index contributed by atoms with van der Waals surface area (Å²) < 4.78 is 84.5. The molecule has 16 heteroatoms. The topological polar surface area (TPSA) is 162 Å². The Morgan fingerprint density at radius 2 is 1.23 bits per heavy atom. The summed E-state index contributed by atoms with van der Waals surface area (Å²) in [6.07, 6.45) is 10.2. The van der Waals surface area contributed by atoms with Gasteiger partial charge in [-0.2, -0.15) is 10.2 Å². The minimum absolute atomic E-state index is 0.0781. The minimum Gasteiger partial charge on any atom is -0.264 e. The van der Waals surface area contributed by atoms with E-state index >= 15 is 0 Å². The van der Waals surface area contributed by atoms with Crippen LogP contribution in [0, 0.1) is 5.92 Å². The zero-order chi connectivity index (χ0) is 43.7. The van der Waals surface area contributed by atoms with Gasteiger partial charge >= 0.3 is 0 Å². The molecule has 1 saturated carbocycles. The van der Waals surface area contributed by atoms with Crippen LogP contribution in [0.25, 0.3) is 12.2 Å². The van der Waals surface area contributed by atoms with Gasteiger partial charge < -0.3 is 0 Å². The molecule has 0 radical (unpaired) electrons. The Morgan fingerprint density at radius 1 is 0.677 bits per heavy atom. The van der Waals surface area contributed by atoms with E-state index in [1.165, 1.54) is 30.7 Å². The van der Waals surface area contributed by atoms with Crippen LogP contribution in [-0.2, 0) is 79.1 Å². The van der Waals surface area contributed by atoms with Crippen molar-refractivity contribution in [3.63, 3.8) is 0 Å². The number of nitrogens with zero attached hydrogens (tertiary/aromatic N) is 4. The van der Waals surface area contributed by atoms with Crippen LogP contribution in [0.2, 0.25) is 0 Å². The Balaban J connectivity index is 0.000000186. The maximum atomic E-state index is 12.8. The number of rotatable bonds is 14. The molecule has 5 aromatic rings. The molecule has 12 nitrogen and oxygen atoms in total. The molecule has 2 aromatic heterocycles. The fourth-order valence-corrected chi connectivity index (χ4v) is 12.8. The van der Waals surface area contributed by atoms with Crippen LogP contribution in [-0.4, -0.2) is 62.4 Å². The van der Waals surface area contributed by atoms with Crippen LogP contribution in [0.4, 0.5) is 0 Å². The lowest BCUT2D eigenvalue weighted by atomic mass is 9.85. The number of aryl methyl sites for hydroxylation is 1. The van der Waals surface area contributed by atoms with E-state index in [1.807, 2.05) is 107 Å². The van der Waals surface area contributed by atoms with Gasteiger partial charge in [0.15, 0.2) is 0 Å². The molecular weight excluding hydrogens is 861 g/mol. The van der Waals surface area contributed by atoms with Crippen molar-refractivity contribution in [1.29, 1.82) is 0 Å². The molecule has 0 spiro atoms. The van der Waals surface area contributed by atoms with Crippen LogP contribution in [0.1, 0.15) is 103 Å². The van der Waals surface area contributed by atoms with Crippen LogP contribution in [0.15, 0.2) is 102 Å². The average Bonchev–Trinajstić information content (AvgIpc) is 3.78. The summed E-state index contributed by atoms with van der Waals surface area (Å²) in [6, 6.07) is 28.9. The molecule has 0 bridgehead atoms. The predicted molar refractivity (Wildman–Crippen MR) is 249 cm³/mol. The van der Waals surface area contributed by atoms with Gasteiger partial charge in [0.25, 0.3) is 0 Å². The summed E-state index contributed by atoms with van der Waals surface area (Å²) in [5.41, 5.74) is 8.14. The summed E-state index contributed by atoms with van der Waals surface area (Å²) in [5.74, 6) is 2.44. The molecular formula is C46H56N6O6S4. The zero-order valence-corrected chi connectivity index (χ0v) is 38.5. The van der Waals surface area contributed by atoms with E-state index in [0.717, 1.165) is 63.1 Å². The second kappa shape index (κ2) is 20.9. The van der Waals surface area contributed by atoms with E-state index in [4.69, 9.17) is 5.10 Å². The Morgan fingerprint density at radius 3 is 1.87 bits per heavy atom. The van der Waals surface area contributed by atoms with Gasteiger partial charge in [0, 0.05) is 85.7 Å². The minimum atomic E-state index is -3.67. The molecule has 0 saturated heterocycles. The van der Waals surface area contributed by atoms with E-state index in [0.29, 0.717) is 60.6 Å². The Hall–Kier alpha value is -4.32. The Kier molecular flexibility index (Phi) is 15.4. The quantitative estimate of drug-likeness (QED) is 0.121. The summed E-state index contributed by atoms with van der Waals surface area (Å²) in [7, 11) is -9.15. The van der Waals surface area contributed by atoms with E-state index < -0.39 is 41.6 Å². The fourth-order valence-electron chi connectivity index (χ4n) is 8.32. The zero-order valence-electron chi connectivity index (χ0n) is 35.3. The molecule has 330 valence electrons. The standard InChI is InChI=1S/C23H25N3O3S2.C23H31N3O3S2/c1-18(20-10-6-3-7-11-20)25-31(28,29)15-13-22-21-17-30(27)14-12-23(21)26(24-22)16-19-8-4-2-5-9-19;1-18(20-10-6-3-7-11-20)25-31(28,29)15-13-23-21-17-30(27)14-12-22(21)24-26(23)16-19-8-4-2-5-9-19/h2-11,13,15,18,25H,12,14,16-17H2,1H3;2,4-5,8-9,13,15,18,20,25H,3,6-7,10-12,14,16-17H2,1H3/b2*15-13+/t;18-,30?/m.0/s1. The van der Waals surface area contributed by atoms with Gasteiger partial charge in [-0.05, 0) is 61.4 Å². The summed E-state index contributed by atoms with van der Waals surface area (Å²) in [4.78, 5) is 0. The smallest absolute Gasteiger partial charge is 0.234 e. The first-order valence-corrected chi connectivity index (χ1v) is 27.3. The molecule has 2 aliphatic heterocycles. The molecule has 3 aromatic carbocycles. The maximum absolute atomic E-state index is 12.8. The monoisotopic (exact) mass is 916 g/mol. The van der Waals surface area contributed by atoms with Crippen molar-refractivity contribution in [3.05, 3.63) is 152 Å². The normalized spacial score (nSPS) is 19.4. The predicted octanol–water partition coefficient (Wildman–Crippen LogP) is 6.98. The fraction of sp³-hybridized carbons (Fsp3) is 0.391. The van der Waals surface area contributed by atoms with Crippen LogP contribution < -0.4 is 9.44 Å².